The van der Waals surface area contributed by atoms with Crippen molar-refractivity contribution in [3.05, 3.63) is 18.7 Å². The molecule has 3 rings (SSSR count). The van der Waals surface area contributed by atoms with E-state index in [1.165, 1.54) is 0 Å². The molecule has 0 radical (unpaired) electrons. The first-order valence-electron chi connectivity index (χ1n) is 5.63. The summed E-state index contributed by atoms with van der Waals surface area (Å²) in [5.74, 6) is 0.748. The predicted molar refractivity (Wildman–Crippen MR) is 61.9 cm³/mol. The molecule has 1 aliphatic rings. The van der Waals surface area contributed by atoms with Crippen molar-refractivity contribution in [3.63, 3.8) is 0 Å². The predicted octanol–water partition coefficient (Wildman–Crippen LogP) is -0.475. The molecular formula is C10H14N6O. The van der Waals surface area contributed by atoms with Gasteiger partial charge in [-0.25, -0.2) is 4.98 Å². The van der Waals surface area contributed by atoms with Gasteiger partial charge in [0, 0.05) is 31.5 Å². The zero-order valence-electron chi connectivity index (χ0n) is 9.33. The summed E-state index contributed by atoms with van der Waals surface area (Å²) in [6.07, 6.45) is 5.20. The molecule has 1 saturated heterocycles. The molecule has 0 amide bonds. The Hall–Kier alpha value is -1.73. The average molecular weight is 234 g/mol. The minimum atomic E-state index is 0.314. The second kappa shape index (κ2) is 4.64. The molecule has 2 N–H and O–H groups in total. The number of ether oxygens (including phenoxy) is 1. The SMILES string of the molecule is c1cn2cnnc2c(NCC2COCCN2)n1. The lowest BCUT2D eigenvalue weighted by Gasteiger charge is -2.24. The van der Waals surface area contributed by atoms with Gasteiger partial charge in [0.2, 0.25) is 5.65 Å². The Kier molecular flexibility index (Phi) is 2.85. The lowest BCUT2D eigenvalue weighted by Crippen LogP contribution is -2.45. The van der Waals surface area contributed by atoms with Crippen LogP contribution in [0.1, 0.15) is 0 Å². The van der Waals surface area contributed by atoms with Gasteiger partial charge in [-0.3, -0.25) is 4.40 Å². The van der Waals surface area contributed by atoms with E-state index in [0.29, 0.717) is 6.04 Å². The molecule has 1 fully saturated rings. The molecule has 0 saturated carbocycles. The third-order valence-corrected chi connectivity index (χ3v) is 2.73. The molecule has 2 aromatic rings. The van der Waals surface area contributed by atoms with Crippen molar-refractivity contribution in [2.45, 2.75) is 6.04 Å². The molecule has 7 heteroatoms. The molecule has 0 spiro atoms. The van der Waals surface area contributed by atoms with Gasteiger partial charge in [-0.15, -0.1) is 10.2 Å². The van der Waals surface area contributed by atoms with Gasteiger partial charge in [-0.1, -0.05) is 0 Å². The minimum Gasteiger partial charge on any atom is -0.378 e. The van der Waals surface area contributed by atoms with E-state index in [4.69, 9.17) is 4.74 Å². The topological polar surface area (TPSA) is 76.4 Å². The number of nitrogens with one attached hydrogen (secondary N) is 2. The molecule has 1 aliphatic heterocycles. The summed E-state index contributed by atoms with van der Waals surface area (Å²) in [5, 5.41) is 14.5. The van der Waals surface area contributed by atoms with Crippen LogP contribution in [0.25, 0.3) is 5.65 Å². The smallest absolute Gasteiger partial charge is 0.203 e. The van der Waals surface area contributed by atoms with Crippen molar-refractivity contribution in [1.82, 2.24) is 24.9 Å². The normalized spacial score (nSPS) is 20.6. The molecule has 1 unspecified atom stereocenters. The molecule has 0 aromatic carbocycles. The number of aromatic nitrogens is 4. The minimum absolute atomic E-state index is 0.314. The van der Waals surface area contributed by atoms with Crippen LogP contribution in [0, 0.1) is 0 Å². The summed E-state index contributed by atoms with van der Waals surface area (Å²) < 4.78 is 7.22. The zero-order chi connectivity index (χ0) is 11.5. The fourth-order valence-electron chi connectivity index (χ4n) is 1.85. The largest absolute Gasteiger partial charge is 0.378 e. The summed E-state index contributed by atoms with van der Waals surface area (Å²) in [7, 11) is 0. The van der Waals surface area contributed by atoms with E-state index in [0.717, 1.165) is 37.8 Å². The summed E-state index contributed by atoms with van der Waals surface area (Å²) in [6.45, 7) is 3.17. The van der Waals surface area contributed by atoms with Gasteiger partial charge >= 0.3 is 0 Å². The van der Waals surface area contributed by atoms with E-state index in [1.807, 2.05) is 10.6 Å². The van der Waals surface area contributed by atoms with Crippen molar-refractivity contribution in [3.8, 4) is 0 Å². The zero-order valence-corrected chi connectivity index (χ0v) is 9.33. The molecule has 3 heterocycles. The van der Waals surface area contributed by atoms with Crippen LogP contribution in [0.3, 0.4) is 0 Å². The van der Waals surface area contributed by atoms with Crippen molar-refractivity contribution in [2.24, 2.45) is 0 Å². The van der Waals surface area contributed by atoms with Gasteiger partial charge in [0.05, 0.1) is 13.2 Å². The molecule has 90 valence electrons. The summed E-state index contributed by atoms with van der Waals surface area (Å²) in [6, 6.07) is 0.314. The second-order valence-corrected chi connectivity index (χ2v) is 3.94. The monoisotopic (exact) mass is 234 g/mol. The number of anilines is 1. The average Bonchev–Trinajstić information content (AvgIpc) is 2.86. The van der Waals surface area contributed by atoms with E-state index in [1.54, 1.807) is 12.5 Å². The van der Waals surface area contributed by atoms with Crippen molar-refractivity contribution < 1.29 is 4.74 Å². The van der Waals surface area contributed by atoms with Crippen LogP contribution in [0.2, 0.25) is 0 Å². The summed E-state index contributed by atoms with van der Waals surface area (Å²) in [5.41, 5.74) is 0.740. The van der Waals surface area contributed by atoms with Gasteiger partial charge in [-0.2, -0.15) is 0 Å². The molecule has 0 bridgehead atoms. The van der Waals surface area contributed by atoms with Crippen molar-refractivity contribution >= 4 is 11.5 Å². The Morgan fingerprint density at radius 3 is 3.47 bits per heavy atom. The highest BCUT2D eigenvalue weighted by Crippen LogP contribution is 2.09. The fourth-order valence-corrected chi connectivity index (χ4v) is 1.85. The number of hydrogen-bond acceptors (Lipinski definition) is 6. The first-order valence-corrected chi connectivity index (χ1v) is 5.63. The fraction of sp³-hybridized carbons (Fsp3) is 0.500. The highest BCUT2D eigenvalue weighted by atomic mass is 16.5. The summed E-state index contributed by atoms with van der Waals surface area (Å²) in [4.78, 5) is 4.26. The molecule has 0 aliphatic carbocycles. The Labute approximate surface area is 98.2 Å². The van der Waals surface area contributed by atoms with E-state index in [9.17, 15) is 0 Å². The highest BCUT2D eigenvalue weighted by molar-refractivity contribution is 5.61. The highest BCUT2D eigenvalue weighted by Gasteiger charge is 2.13. The van der Waals surface area contributed by atoms with E-state index >= 15 is 0 Å². The third-order valence-electron chi connectivity index (χ3n) is 2.73. The summed E-state index contributed by atoms with van der Waals surface area (Å²) >= 11 is 0. The maximum atomic E-state index is 5.39. The Bertz CT molecular complexity index is 492. The second-order valence-electron chi connectivity index (χ2n) is 3.94. The van der Waals surface area contributed by atoms with E-state index < -0.39 is 0 Å². The molecular weight excluding hydrogens is 220 g/mol. The van der Waals surface area contributed by atoms with Crippen LogP contribution in [0.15, 0.2) is 18.7 Å². The first-order chi connectivity index (χ1) is 8.43. The van der Waals surface area contributed by atoms with Crippen LogP contribution in [0.5, 0.6) is 0 Å². The van der Waals surface area contributed by atoms with Gasteiger partial charge < -0.3 is 15.4 Å². The maximum absolute atomic E-state index is 5.39. The third kappa shape index (κ3) is 2.20. The van der Waals surface area contributed by atoms with Crippen LogP contribution >= 0.6 is 0 Å². The van der Waals surface area contributed by atoms with E-state index in [-0.39, 0.29) is 0 Å². The Morgan fingerprint density at radius 2 is 2.59 bits per heavy atom. The molecule has 17 heavy (non-hydrogen) atoms. The van der Waals surface area contributed by atoms with E-state index in [2.05, 4.69) is 25.8 Å². The number of morpholine rings is 1. The van der Waals surface area contributed by atoms with Crippen LogP contribution in [-0.4, -0.2) is 51.9 Å². The lowest BCUT2D eigenvalue weighted by atomic mass is 10.3. The van der Waals surface area contributed by atoms with Gasteiger partial charge in [-0.05, 0) is 0 Å². The Balaban J connectivity index is 1.69. The van der Waals surface area contributed by atoms with Crippen LogP contribution in [0.4, 0.5) is 5.82 Å². The number of hydrogen-bond donors (Lipinski definition) is 2. The number of nitrogens with zero attached hydrogens (tertiary/aromatic N) is 4. The molecule has 1 atom stereocenters. The van der Waals surface area contributed by atoms with Crippen molar-refractivity contribution in [2.75, 3.05) is 31.6 Å². The van der Waals surface area contributed by atoms with Gasteiger partial charge in [0.1, 0.15) is 6.33 Å². The Morgan fingerprint density at radius 1 is 1.59 bits per heavy atom. The standard InChI is InChI=1S/C10H14N6O/c1-3-16-7-14-15-10(16)9(12-1)13-5-8-6-17-4-2-11-8/h1,3,7-8,11H,2,4-6H2,(H,12,13). The molecule has 2 aromatic heterocycles. The van der Waals surface area contributed by atoms with Crippen LogP contribution < -0.4 is 10.6 Å². The van der Waals surface area contributed by atoms with Crippen molar-refractivity contribution in [1.29, 1.82) is 0 Å². The quantitative estimate of drug-likeness (QED) is 0.747. The number of fused-ring (bicyclic) bond motifs is 1. The van der Waals surface area contributed by atoms with Crippen LogP contribution in [-0.2, 0) is 4.74 Å². The lowest BCUT2D eigenvalue weighted by molar-refractivity contribution is 0.0806. The van der Waals surface area contributed by atoms with Gasteiger partial charge in [0.25, 0.3) is 0 Å². The molecule has 7 nitrogen and oxygen atoms in total. The maximum Gasteiger partial charge on any atom is 0.203 e. The first kappa shape index (κ1) is 10.4. The number of rotatable bonds is 3. The van der Waals surface area contributed by atoms with Gasteiger partial charge in [0.15, 0.2) is 5.82 Å².